The Bertz CT molecular complexity index is 1210. The van der Waals surface area contributed by atoms with Crippen LogP contribution in [0, 0.1) is 0 Å². The fraction of sp³-hybridized carbons (Fsp3) is 0.321. The Morgan fingerprint density at radius 1 is 1.03 bits per heavy atom. The number of rotatable bonds is 10. The Morgan fingerprint density at radius 2 is 1.75 bits per heavy atom. The molecular formula is C28H32N4O4. The van der Waals surface area contributed by atoms with E-state index in [-0.39, 0.29) is 18.4 Å². The molecule has 4 N–H and O–H groups in total. The summed E-state index contributed by atoms with van der Waals surface area (Å²) in [6.07, 6.45) is 2.25. The molecule has 1 aliphatic heterocycles. The average molecular weight is 489 g/mol. The highest BCUT2D eigenvalue weighted by Crippen LogP contribution is 2.27. The van der Waals surface area contributed by atoms with E-state index in [9.17, 15) is 14.4 Å². The largest absolute Gasteiger partial charge is 0.493 e. The number of nitrogens with zero attached hydrogens (tertiary/aromatic N) is 1. The molecule has 0 spiro atoms. The third-order valence-electron chi connectivity index (χ3n) is 6.29. The summed E-state index contributed by atoms with van der Waals surface area (Å²) in [5.74, 6) is 0.266. The number of nitrogens with two attached hydrogens (primary N) is 1. The molecule has 1 atom stereocenters. The summed E-state index contributed by atoms with van der Waals surface area (Å²) in [6, 6.07) is 20.6. The lowest BCUT2D eigenvalue weighted by atomic mass is 10.0. The number of benzene rings is 3. The molecule has 1 fully saturated rings. The Labute approximate surface area is 210 Å². The number of ether oxygens (including phenoxy) is 1. The van der Waals surface area contributed by atoms with Crippen LogP contribution in [-0.2, 0) is 22.4 Å². The minimum Gasteiger partial charge on any atom is -0.493 e. The van der Waals surface area contributed by atoms with Gasteiger partial charge in [-0.1, -0.05) is 54.6 Å². The van der Waals surface area contributed by atoms with Crippen molar-refractivity contribution in [1.82, 2.24) is 15.5 Å². The molecule has 1 heterocycles. The zero-order valence-corrected chi connectivity index (χ0v) is 20.2. The molecule has 0 bridgehead atoms. The van der Waals surface area contributed by atoms with Crippen molar-refractivity contribution >= 4 is 28.6 Å². The van der Waals surface area contributed by atoms with Crippen LogP contribution in [0.2, 0.25) is 0 Å². The molecule has 4 amide bonds. The predicted molar refractivity (Wildman–Crippen MR) is 139 cm³/mol. The van der Waals surface area contributed by atoms with Crippen molar-refractivity contribution in [3.63, 3.8) is 0 Å². The molecule has 0 aromatic heterocycles. The van der Waals surface area contributed by atoms with E-state index in [1.165, 1.54) is 0 Å². The van der Waals surface area contributed by atoms with Gasteiger partial charge in [0.2, 0.25) is 11.8 Å². The highest BCUT2D eigenvalue weighted by atomic mass is 16.5. The Hall–Kier alpha value is -3.91. The molecule has 1 aliphatic rings. The van der Waals surface area contributed by atoms with Gasteiger partial charge in [0.25, 0.3) is 0 Å². The monoisotopic (exact) mass is 488 g/mol. The third-order valence-corrected chi connectivity index (χ3v) is 6.29. The first kappa shape index (κ1) is 25.2. The van der Waals surface area contributed by atoms with E-state index in [1.54, 1.807) is 0 Å². The number of hydrogen-bond donors (Lipinski definition) is 3. The minimum atomic E-state index is -0.878. The number of unbranched alkanes of at least 4 members (excludes halogenated alkanes) is 1. The maximum absolute atomic E-state index is 12.9. The van der Waals surface area contributed by atoms with Crippen molar-refractivity contribution < 1.29 is 19.1 Å². The molecule has 3 aromatic carbocycles. The maximum atomic E-state index is 12.9. The molecule has 0 radical (unpaired) electrons. The second-order valence-corrected chi connectivity index (χ2v) is 8.97. The topological polar surface area (TPSA) is 114 Å². The molecule has 0 unspecified atom stereocenters. The van der Waals surface area contributed by atoms with Gasteiger partial charge in [0.05, 0.1) is 19.1 Å². The number of nitrogens with one attached hydrogen (secondary N) is 2. The third kappa shape index (κ3) is 6.82. The Morgan fingerprint density at radius 3 is 2.50 bits per heavy atom. The molecule has 0 saturated carbocycles. The molecule has 3 aromatic rings. The first-order chi connectivity index (χ1) is 17.5. The second-order valence-electron chi connectivity index (χ2n) is 8.97. The number of imide groups is 1. The lowest BCUT2D eigenvalue weighted by Gasteiger charge is -2.33. The van der Waals surface area contributed by atoms with Crippen molar-refractivity contribution in [2.45, 2.75) is 31.7 Å². The first-order valence-corrected chi connectivity index (χ1v) is 12.3. The average Bonchev–Trinajstić information content (AvgIpc) is 2.86. The van der Waals surface area contributed by atoms with Gasteiger partial charge in [-0.2, -0.15) is 0 Å². The quantitative estimate of drug-likeness (QED) is 0.380. The first-order valence-electron chi connectivity index (χ1n) is 12.3. The van der Waals surface area contributed by atoms with Crippen LogP contribution >= 0.6 is 0 Å². The smallest absolute Gasteiger partial charge is 0.318 e. The summed E-state index contributed by atoms with van der Waals surface area (Å²) < 4.78 is 6.06. The summed E-state index contributed by atoms with van der Waals surface area (Å²) in [5.41, 5.74) is 6.91. The van der Waals surface area contributed by atoms with E-state index < -0.39 is 11.9 Å². The number of primary amides is 1. The summed E-state index contributed by atoms with van der Waals surface area (Å²) >= 11 is 0. The van der Waals surface area contributed by atoms with Crippen molar-refractivity contribution in [1.29, 1.82) is 0 Å². The highest BCUT2D eigenvalue weighted by Gasteiger charge is 2.27. The van der Waals surface area contributed by atoms with Crippen LogP contribution in [0.4, 0.5) is 4.79 Å². The Balaban J connectivity index is 1.30. The van der Waals surface area contributed by atoms with Crippen molar-refractivity contribution in [2.75, 3.05) is 26.2 Å². The van der Waals surface area contributed by atoms with Crippen molar-refractivity contribution in [2.24, 2.45) is 5.73 Å². The number of carbonyl (C=O) groups is 3. The minimum absolute atomic E-state index is 0.0127. The number of carbonyl (C=O) groups excluding carboxylic acids is 3. The van der Waals surface area contributed by atoms with Gasteiger partial charge >= 0.3 is 6.03 Å². The van der Waals surface area contributed by atoms with Crippen LogP contribution in [0.3, 0.4) is 0 Å². The molecule has 188 valence electrons. The molecule has 8 nitrogen and oxygen atoms in total. The van der Waals surface area contributed by atoms with Gasteiger partial charge in [-0.15, -0.1) is 0 Å². The fourth-order valence-electron chi connectivity index (χ4n) is 4.50. The van der Waals surface area contributed by atoms with Crippen LogP contribution in [0.25, 0.3) is 10.8 Å². The zero-order valence-electron chi connectivity index (χ0n) is 20.2. The number of urea groups is 1. The highest BCUT2D eigenvalue weighted by molar-refractivity contribution is 5.95. The summed E-state index contributed by atoms with van der Waals surface area (Å²) in [4.78, 5) is 38.0. The summed E-state index contributed by atoms with van der Waals surface area (Å²) in [7, 11) is 0. The fourth-order valence-corrected chi connectivity index (χ4v) is 4.50. The number of hydrogen-bond acceptors (Lipinski definition) is 5. The maximum Gasteiger partial charge on any atom is 0.318 e. The molecule has 4 rings (SSSR count). The molecule has 8 heteroatoms. The molecule has 0 aliphatic carbocycles. The van der Waals surface area contributed by atoms with Gasteiger partial charge in [0, 0.05) is 25.2 Å². The SMILES string of the molecule is NC(=O)NC(=O)Cc1cc2ccccc2cc1OCCCCN1CCN[C@@H](Cc2ccccc2)C1=O. The van der Waals surface area contributed by atoms with Crippen molar-refractivity contribution in [3.8, 4) is 5.75 Å². The molecular weight excluding hydrogens is 456 g/mol. The van der Waals surface area contributed by atoms with E-state index in [4.69, 9.17) is 10.5 Å². The standard InChI is InChI=1S/C28H32N4O4/c29-28(35)31-26(33)19-23-17-21-10-4-5-11-22(21)18-25(23)36-15-7-6-13-32-14-12-30-24(27(32)34)16-20-8-2-1-3-9-20/h1-5,8-11,17-18,24,30H,6-7,12-16,19H2,(H3,29,31,33,35)/t24-/m0/s1. The van der Waals surface area contributed by atoms with Gasteiger partial charge < -0.3 is 20.7 Å². The Kier molecular flexibility index (Phi) is 8.52. The van der Waals surface area contributed by atoms with Crippen molar-refractivity contribution in [3.05, 3.63) is 77.9 Å². The van der Waals surface area contributed by atoms with Crippen LogP contribution in [0.5, 0.6) is 5.75 Å². The second kappa shape index (κ2) is 12.2. The predicted octanol–water partition coefficient (Wildman–Crippen LogP) is 2.78. The van der Waals surface area contributed by atoms with E-state index >= 15 is 0 Å². The van der Waals surface area contributed by atoms with Gasteiger partial charge in [0.1, 0.15) is 5.75 Å². The summed E-state index contributed by atoms with van der Waals surface area (Å²) in [5, 5.41) is 7.43. The zero-order chi connectivity index (χ0) is 25.3. The van der Waals surface area contributed by atoms with E-state index in [0.717, 1.165) is 35.7 Å². The van der Waals surface area contributed by atoms with Crippen LogP contribution in [0.15, 0.2) is 66.7 Å². The summed E-state index contributed by atoms with van der Waals surface area (Å²) in [6.45, 7) is 2.62. The van der Waals surface area contributed by atoms with Gasteiger partial charge in [-0.3, -0.25) is 14.9 Å². The van der Waals surface area contributed by atoms with E-state index in [1.807, 2.05) is 71.6 Å². The van der Waals surface area contributed by atoms with Crippen LogP contribution in [0.1, 0.15) is 24.0 Å². The number of fused-ring (bicyclic) bond motifs is 1. The normalized spacial score (nSPS) is 15.6. The van der Waals surface area contributed by atoms with Gasteiger partial charge in [0.15, 0.2) is 0 Å². The molecule has 36 heavy (non-hydrogen) atoms. The van der Waals surface area contributed by atoms with E-state index in [0.29, 0.717) is 37.4 Å². The van der Waals surface area contributed by atoms with Gasteiger partial charge in [-0.05, 0) is 47.7 Å². The molecule has 1 saturated heterocycles. The van der Waals surface area contributed by atoms with E-state index in [2.05, 4.69) is 10.6 Å². The number of piperazine rings is 1. The van der Waals surface area contributed by atoms with Crippen LogP contribution in [-0.4, -0.2) is 55.0 Å². The van der Waals surface area contributed by atoms with Crippen LogP contribution < -0.4 is 21.1 Å². The lowest BCUT2D eigenvalue weighted by molar-refractivity contribution is -0.135. The number of amides is 4. The lowest BCUT2D eigenvalue weighted by Crippen LogP contribution is -2.56. The van der Waals surface area contributed by atoms with Gasteiger partial charge in [-0.25, -0.2) is 4.79 Å².